The molecule has 0 radical (unpaired) electrons. The van der Waals surface area contributed by atoms with Gasteiger partial charge >= 0.3 is 0 Å². The number of nitrogens with zero attached hydrogens (tertiary/aromatic N) is 3. The van der Waals surface area contributed by atoms with Gasteiger partial charge in [-0.1, -0.05) is 12.1 Å². The summed E-state index contributed by atoms with van der Waals surface area (Å²) in [6.45, 7) is 0. The molecule has 3 aliphatic rings. The Morgan fingerprint density at radius 1 is 1.10 bits per heavy atom. The van der Waals surface area contributed by atoms with Gasteiger partial charge in [-0.25, -0.2) is 4.99 Å². The summed E-state index contributed by atoms with van der Waals surface area (Å²) in [7, 11) is 4.44. The van der Waals surface area contributed by atoms with Gasteiger partial charge in [0.05, 0.1) is 25.3 Å². The highest BCUT2D eigenvalue weighted by Crippen LogP contribution is 2.67. The van der Waals surface area contributed by atoms with Crippen LogP contribution in [-0.4, -0.2) is 33.1 Å². The summed E-state index contributed by atoms with van der Waals surface area (Å²) in [5.41, 5.74) is 5.92. The smallest absolute Gasteiger partial charge is 0.296 e. The first kappa shape index (κ1) is 19.3. The summed E-state index contributed by atoms with van der Waals surface area (Å²) >= 11 is 0. The first-order chi connectivity index (χ1) is 14.0. The fourth-order valence-electron chi connectivity index (χ4n) is 5.21. The Morgan fingerprint density at radius 2 is 1.79 bits per heavy atom. The monoisotopic (exact) mass is 393 g/mol. The molecule has 29 heavy (non-hydrogen) atoms. The summed E-state index contributed by atoms with van der Waals surface area (Å²) in [5.74, 6) is -0.977. The van der Waals surface area contributed by atoms with E-state index in [1.807, 2.05) is 24.3 Å². The van der Waals surface area contributed by atoms with E-state index in [9.17, 15) is 10.5 Å². The number of methoxy groups -OCH3 is 3. The van der Waals surface area contributed by atoms with Crippen molar-refractivity contribution in [3.05, 3.63) is 41.1 Å². The predicted octanol–water partition coefficient (Wildman–Crippen LogP) is 2.11. The van der Waals surface area contributed by atoms with Crippen LogP contribution in [0.25, 0.3) is 0 Å². The number of nitriles is 2. The molecule has 2 heterocycles. The number of ether oxygens (including phenoxy) is 3. The Morgan fingerprint density at radius 3 is 2.34 bits per heavy atom. The Kier molecular flexibility index (Phi) is 4.30. The van der Waals surface area contributed by atoms with Crippen LogP contribution in [0.4, 0.5) is 0 Å². The predicted molar refractivity (Wildman–Crippen MR) is 104 cm³/mol. The van der Waals surface area contributed by atoms with Gasteiger partial charge < -0.3 is 25.3 Å². The van der Waals surface area contributed by atoms with E-state index >= 15 is 0 Å². The number of aliphatic imine (C=N–C) groups is 1. The molecule has 4 rings (SSSR count). The minimum Gasteiger partial charge on any atom is -0.497 e. The van der Waals surface area contributed by atoms with Gasteiger partial charge in [0.1, 0.15) is 11.6 Å². The molecule has 3 N–H and O–H groups in total. The third-order valence-corrected chi connectivity index (χ3v) is 6.51. The van der Waals surface area contributed by atoms with Gasteiger partial charge in [-0.15, -0.1) is 0 Å². The molecular weight excluding hydrogens is 370 g/mol. The zero-order chi connectivity index (χ0) is 20.9. The van der Waals surface area contributed by atoms with Gasteiger partial charge in [-0.2, -0.15) is 10.5 Å². The molecule has 1 aromatic rings. The van der Waals surface area contributed by atoms with Crippen LogP contribution in [0, 0.1) is 33.5 Å². The van der Waals surface area contributed by atoms with Crippen LogP contribution in [-0.2, 0) is 9.47 Å². The zero-order valence-electron chi connectivity index (χ0n) is 16.7. The maximum absolute atomic E-state index is 10.6. The Hall–Kier alpha value is -3.07. The van der Waals surface area contributed by atoms with Crippen molar-refractivity contribution in [2.24, 2.45) is 21.6 Å². The lowest BCUT2D eigenvalue weighted by Crippen LogP contribution is -2.63. The van der Waals surface area contributed by atoms with E-state index in [2.05, 4.69) is 22.4 Å². The number of allylic oxidation sites excluding steroid dienone is 1. The molecule has 2 aliphatic heterocycles. The van der Waals surface area contributed by atoms with Gasteiger partial charge in [0, 0.05) is 19.9 Å². The number of hydrogen-bond donors (Lipinski definition) is 2. The number of rotatable bonds is 4. The maximum Gasteiger partial charge on any atom is 0.296 e. The second-order valence-electron chi connectivity index (χ2n) is 7.43. The topological polar surface area (TPSA) is 126 Å². The van der Waals surface area contributed by atoms with E-state index in [4.69, 9.17) is 19.9 Å². The normalized spacial score (nSPS) is 31.8. The number of hydrogen-bond acceptors (Lipinski definition) is 8. The molecule has 0 saturated carbocycles. The van der Waals surface area contributed by atoms with Crippen LogP contribution < -0.4 is 15.8 Å². The van der Waals surface area contributed by atoms with Gasteiger partial charge in [0.15, 0.2) is 10.8 Å². The molecule has 8 heteroatoms. The number of amidine groups is 1. The summed E-state index contributed by atoms with van der Waals surface area (Å²) in [6, 6.07) is 11.5. The molecule has 0 saturated heterocycles. The van der Waals surface area contributed by atoms with Crippen molar-refractivity contribution in [3.8, 4) is 17.9 Å². The maximum atomic E-state index is 10.6. The van der Waals surface area contributed by atoms with Crippen molar-refractivity contribution in [1.29, 1.82) is 10.5 Å². The molecule has 0 unspecified atom stereocenters. The lowest BCUT2D eigenvalue weighted by atomic mass is 9.53. The molecule has 150 valence electrons. The van der Waals surface area contributed by atoms with E-state index in [0.29, 0.717) is 12.2 Å². The van der Waals surface area contributed by atoms with Crippen LogP contribution in [0.2, 0.25) is 0 Å². The van der Waals surface area contributed by atoms with Crippen LogP contribution >= 0.6 is 0 Å². The molecular formula is C21H23N5O3. The number of benzene rings is 1. The van der Waals surface area contributed by atoms with E-state index in [1.165, 1.54) is 14.2 Å². The van der Waals surface area contributed by atoms with Crippen molar-refractivity contribution < 1.29 is 14.2 Å². The first-order valence-corrected chi connectivity index (χ1v) is 9.41. The molecule has 8 nitrogen and oxygen atoms in total. The third kappa shape index (κ3) is 2.05. The van der Waals surface area contributed by atoms with Crippen molar-refractivity contribution in [2.75, 3.05) is 21.3 Å². The Balaban J connectivity index is 2.04. The molecule has 1 aliphatic carbocycles. The highest BCUT2D eigenvalue weighted by Gasteiger charge is 2.79. The summed E-state index contributed by atoms with van der Waals surface area (Å²) in [4.78, 5) is 4.46. The quantitative estimate of drug-likeness (QED) is 0.750. The van der Waals surface area contributed by atoms with E-state index < -0.39 is 22.8 Å². The van der Waals surface area contributed by atoms with Gasteiger partial charge in [-0.3, -0.25) is 0 Å². The molecule has 0 aromatic heterocycles. The van der Waals surface area contributed by atoms with E-state index in [-0.39, 0.29) is 5.84 Å². The molecule has 0 bridgehead atoms. The van der Waals surface area contributed by atoms with Crippen LogP contribution in [0.15, 0.2) is 40.5 Å². The van der Waals surface area contributed by atoms with Crippen molar-refractivity contribution in [2.45, 2.75) is 31.2 Å². The Bertz CT molecular complexity index is 983. The molecule has 1 aromatic carbocycles. The largest absolute Gasteiger partial charge is 0.497 e. The number of nitrogens with two attached hydrogens (primary N) is 1. The summed E-state index contributed by atoms with van der Waals surface area (Å²) in [5, 5.41) is 24.6. The number of nitrogens with one attached hydrogen (secondary N) is 1. The van der Waals surface area contributed by atoms with Crippen LogP contribution in [0.3, 0.4) is 0 Å². The van der Waals surface area contributed by atoms with Crippen molar-refractivity contribution >= 4 is 5.84 Å². The van der Waals surface area contributed by atoms with Crippen LogP contribution in [0.1, 0.15) is 30.9 Å². The molecule has 0 fully saturated rings. The molecule has 0 spiro atoms. The lowest BCUT2D eigenvalue weighted by Gasteiger charge is -2.51. The second kappa shape index (κ2) is 6.48. The third-order valence-electron chi connectivity index (χ3n) is 6.51. The fraction of sp³-hybridized carbons (Fsp3) is 0.476. The van der Waals surface area contributed by atoms with Crippen molar-refractivity contribution in [1.82, 2.24) is 5.32 Å². The van der Waals surface area contributed by atoms with Gasteiger partial charge in [0.2, 0.25) is 0 Å². The minimum absolute atomic E-state index is 0.0250. The summed E-state index contributed by atoms with van der Waals surface area (Å²) in [6.07, 6.45) is 2.28. The van der Waals surface area contributed by atoms with Crippen LogP contribution in [0.5, 0.6) is 5.75 Å². The first-order valence-electron chi connectivity index (χ1n) is 9.41. The number of fused-ring (bicyclic) bond motifs is 2. The fourth-order valence-corrected chi connectivity index (χ4v) is 5.21. The average molecular weight is 393 g/mol. The molecule has 0 amide bonds. The van der Waals surface area contributed by atoms with E-state index in [1.54, 1.807) is 7.11 Å². The highest BCUT2D eigenvalue weighted by molar-refractivity contribution is 5.96. The zero-order valence-corrected chi connectivity index (χ0v) is 16.7. The SMILES string of the molecule is COc1ccc([C@@H]2NC3=C(CCC3)[C@@]3(C#N)C(OC)(OC)N=C(N)[C@@]23C#N)cc1. The highest BCUT2D eigenvalue weighted by atomic mass is 16.7. The molecule has 3 atom stereocenters. The summed E-state index contributed by atoms with van der Waals surface area (Å²) < 4.78 is 16.6. The Labute approximate surface area is 169 Å². The van der Waals surface area contributed by atoms with Gasteiger partial charge in [-0.05, 0) is 42.5 Å². The van der Waals surface area contributed by atoms with Crippen molar-refractivity contribution in [3.63, 3.8) is 0 Å². The second-order valence-corrected chi connectivity index (χ2v) is 7.43. The van der Waals surface area contributed by atoms with Gasteiger partial charge in [0.25, 0.3) is 5.91 Å². The average Bonchev–Trinajstić information content (AvgIpc) is 3.32. The van der Waals surface area contributed by atoms with E-state index in [0.717, 1.165) is 29.7 Å². The lowest BCUT2D eigenvalue weighted by molar-refractivity contribution is -0.253. The minimum atomic E-state index is -1.70. The standard InChI is InChI=1S/C21H23N5O3/c1-27-14-9-7-13(8-10-14)17-19(11-22)18(24)26-21(28-2,29-3)20(19,12-23)15-5-4-6-16(15)25-17/h7-10,17,25H,4-6H2,1-3H3,(H2,24,26)/t17-,19+,20+/m0/s1.